The predicted molar refractivity (Wildman–Crippen MR) is 76.2 cm³/mol. The number of fused-ring (bicyclic) bond motifs is 1. The van der Waals surface area contributed by atoms with Crippen LogP contribution in [0.15, 0.2) is 36.4 Å². The number of nitrogens with two attached hydrogens (primary N) is 1. The maximum absolute atomic E-state index is 12.8. The molecule has 0 saturated carbocycles. The summed E-state index contributed by atoms with van der Waals surface area (Å²) in [6.07, 6.45) is 0. The van der Waals surface area contributed by atoms with Crippen molar-refractivity contribution in [1.82, 2.24) is 0 Å². The maximum atomic E-state index is 12.8. The Labute approximate surface area is 120 Å². The highest BCUT2D eigenvalue weighted by molar-refractivity contribution is 6.06. The molecule has 2 aromatic rings. The van der Waals surface area contributed by atoms with E-state index >= 15 is 0 Å². The van der Waals surface area contributed by atoms with Crippen molar-refractivity contribution in [3.8, 4) is 11.5 Å². The Morgan fingerprint density at radius 1 is 1.10 bits per heavy atom. The number of hydrogen-bond donors (Lipinski definition) is 2. The normalized spacial score (nSPS) is 12.8. The molecule has 0 atom stereocenters. The fourth-order valence-electron chi connectivity index (χ4n) is 2.01. The zero-order chi connectivity index (χ0) is 14.8. The van der Waals surface area contributed by atoms with Crippen molar-refractivity contribution < 1.29 is 18.7 Å². The summed E-state index contributed by atoms with van der Waals surface area (Å²) in [6.45, 7) is 0.913. The first-order valence-corrected chi connectivity index (χ1v) is 6.39. The van der Waals surface area contributed by atoms with Crippen LogP contribution in [0.3, 0.4) is 0 Å². The largest absolute Gasteiger partial charge is 0.486 e. The molecule has 0 aliphatic carbocycles. The Balaban J connectivity index is 1.84. The average molecular weight is 288 g/mol. The van der Waals surface area contributed by atoms with Crippen molar-refractivity contribution >= 4 is 17.3 Å². The summed E-state index contributed by atoms with van der Waals surface area (Å²) in [6, 6.07) is 8.47. The molecule has 1 heterocycles. The van der Waals surface area contributed by atoms with Crippen LogP contribution in [0.2, 0.25) is 0 Å². The molecular formula is C15H13FN2O3. The zero-order valence-electron chi connectivity index (χ0n) is 11.1. The number of ether oxygens (including phenoxy) is 2. The summed E-state index contributed by atoms with van der Waals surface area (Å²) in [4.78, 5) is 12.1. The first-order chi connectivity index (χ1) is 10.1. The molecule has 0 fully saturated rings. The predicted octanol–water partition coefficient (Wildman–Crippen LogP) is 2.43. The van der Waals surface area contributed by atoms with Crippen LogP contribution in [-0.2, 0) is 0 Å². The van der Waals surface area contributed by atoms with Gasteiger partial charge in [0.2, 0.25) is 0 Å². The molecule has 1 aliphatic rings. The Bertz CT molecular complexity index is 686. The van der Waals surface area contributed by atoms with E-state index in [1.54, 1.807) is 12.1 Å². The van der Waals surface area contributed by atoms with E-state index in [1.165, 1.54) is 24.3 Å². The van der Waals surface area contributed by atoms with Crippen molar-refractivity contribution in [3.63, 3.8) is 0 Å². The minimum absolute atomic E-state index is 0.339. The summed E-state index contributed by atoms with van der Waals surface area (Å²) in [5, 5.41) is 2.67. The molecule has 0 radical (unpaired) electrons. The molecule has 0 aromatic heterocycles. The second-order valence-electron chi connectivity index (χ2n) is 4.54. The van der Waals surface area contributed by atoms with Gasteiger partial charge in [0.25, 0.3) is 5.91 Å². The van der Waals surface area contributed by atoms with Gasteiger partial charge in [-0.05, 0) is 24.3 Å². The fraction of sp³-hybridized carbons (Fsp3) is 0.133. The van der Waals surface area contributed by atoms with Gasteiger partial charge in [0.1, 0.15) is 19.0 Å². The van der Waals surface area contributed by atoms with Crippen LogP contribution in [0.25, 0.3) is 0 Å². The Hall–Kier alpha value is -2.76. The van der Waals surface area contributed by atoms with Gasteiger partial charge >= 0.3 is 0 Å². The molecule has 3 N–H and O–H groups in total. The molecule has 0 spiro atoms. The summed E-state index contributed by atoms with van der Waals surface area (Å²) < 4.78 is 23.7. The number of benzene rings is 2. The van der Waals surface area contributed by atoms with Crippen molar-refractivity contribution in [2.24, 2.45) is 0 Å². The Morgan fingerprint density at radius 3 is 2.38 bits per heavy atom. The molecule has 21 heavy (non-hydrogen) atoms. The topological polar surface area (TPSA) is 73.6 Å². The number of halogens is 1. The summed E-state index contributed by atoms with van der Waals surface area (Å²) in [5.41, 5.74) is 7.02. The van der Waals surface area contributed by atoms with Gasteiger partial charge in [-0.25, -0.2) is 4.39 Å². The van der Waals surface area contributed by atoms with Crippen molar-refractivity contribution in [3.05, 3.63) is 47.8 Å². The fourth-order valence-corrected chi connectivity index (χ4v) is 2.01. The van der Waals surface area contributed by atoms with Gasteiger partial charge in [0.05, 0.1) is 11.4 Å². The summed E-state index contributed by atoms with van der Waals surface area (Å²) in [5.74, 6) is 0.312. The van der Waals surface area contributed by atoms with E-state index in [2.05, 4.69) is 5.32 Å². The second kappa shape index (κ2) is 5.32. The lowest BCUT2D eigenvalue weighted by molar-refractivity contribution is 0.102. The first-order valence-electron chi connectivity index (χ1n) is 6.39. The average Bonchev–Trinajstić information content (AvgIpc) is 2.48. The Morgan fingerprint density at radius 2 is 1.71 bits per heavy atom. The molecule has 108 valence electrons. The second-order valence-corrected chi connectivity index (χ2v) is 4.54. The van der Waals surface area contributed by atoms with E-state index in [0.717, 1.165) is 0 Å². The number of amides is 1. The lowest BCUT2D eigenvalue weighted by atomic mass is 10.2. The minimum Gasteiger partial charge on any atom is -0.486 e. The van der Waals surface area contributed by atoms with Crippen molar-refractivity contribution in [2.75, 3.05) is 24.3 Å². The first kappa shape index (κ1) is 13.2. The van der Waals surface area contributed by atoms with Gasteiger partial charge in [-0.1, -0.05) is 0 Å². The van der Waals surface area contributed by atoms with Crippen LogP contribution in [-0.4, -0.2) is 19.1 Å². The lowest BCUT2D eigenvalue weighted by Crippen LogP contribution is -2.17. The van der Waals surface area contributed by atoms with Gasteiger partial charge in [0, 0.05) is 17.7 Å². The van der Waals surface area contributed by atoms with E-state index in [-0.39, 0.29) is 5.91 Å². The highest BCUT2D eigenvalue weighted by atomic mass is 19.1. The maximum Gasteiger partial charge on any atom is 0.255 e. The van der Waals surface area contributed by atoms with Gasteiger partial charge in [-0.3, -0.25) is 4.79 Å². The quantitative estimate of drug-likeness (QED) is 0.832. The van der Waals surface area contributed by atoms with E-state index in [1.807, 2.05) is 0 Å². The van der Waals surface area contributed by atoms with Crippen LogP contribution in [0.5, 0.6) is 11.5 Å². The van der Waals surface area contributed by atoms with E-state index in [0.29, 0.717) is 41.7 Å². The van der Waals surface area contributed by atoms with Gasteiger partial charge in [-0.15, -0.1) is 0 Å². The SMILES string of the molecule is Nc1cc2c(cc1NC(=O)c1ccc(F)cc1)OCCO2. The number of carbonyl (C=O) groups is 1. The van der Waals surface area contributed by atoms with Crippen LogP contribution in [0.1, 0.15) is 10.4 Å². The third-order valence-corrected chi connectivity index (χ3v) is 3.07. The standard InChI is InChI=1S/C15H13FN2O3/c16-10-3-1-9(2-4-10)15(19)18-12-8-14-13(7-11(12)17)20-5-6-21-14/h1-4,7-8H,5-6,17H2,(H,18,19). The Kier molecular flexibility index (Phi) is 3.35. The third-order valence-electron chi connectivity index (χ3n) is 3.07. The summed E-state index contributed by atoms with van der Waals surface area (Å²) in [7, 11) is 0. The molecule has 6 heteroatoms. The van der Waals surface area contributed by atoms with Gasteiger partial charge in [0.15, 0.2) is 11.5 Å². The van der Waals surface area contributed by atoms with E-state index < -0.39 is 5.82 Å². The smallest absolute Gasteiger partial charge is 0.255 e. The highest BCUT2D eigenvalue weighted by Gasteiger charge is 2.16. The van der Waals surface area contributed by atoms with Crippen LogP contribution in [0, 0.1) is 5.82 Å². The molecule has 0 bridgehead atoms. The molecule has 2 aromatic carbocycles. The number of nitrogens with one attached hydrogen (secondary N) is 1. The number of nitrogen functional groups attached to an aromatic ring is 1. The molecule has 1 amide bonds. The van der Waals surface area contributed by atoms with Gasteiger partial charge in [-0.2, -0.15) is 0 Å². The minimum atomic E-state index is -0.398. The molecular weight excluding hydrogens is 275 g/mol. The number of anilines is 2. The van der Waals surface area contributed by atoms with Crippen LogP contribution >= 0.6 is 0 Å². The lowest BCUT2D eigenvalue weighted by Gasteiger charge is -2.20. The number of carbonyl (C=O) groups excluding carboxylic acids is 1. The number of hydrogen-bond acceptors (Lipinski definition) is 4. The van der Waals surface area contributed by atoms with E-state index in [4.69, 9.17) is 15.2 Å². The van der Waals surface area contributed by atoms with Crippen molar-refractivity contribution in [2.45, 2.75) is 0 Å². The summed E-state index contributed by atoms with van der Waals surface area (Å²) >= 11 is 0. The zero-order valence-corrected chi connectivity index (χ0v) is 11.1. The molecule has 1 aliphatic heterocycles. The van der Waals surface area contributed by atoms with Crippen LogP contribution < -0.4 is 20.5 Å². The third kappa shape index (κ3) is 2.74. The molecule has 0 saturated heterocycles. The van der Waals surface area contributed by atoms with Crippen LogP contribution in [0.4, 0.5) is 15.8 Å². The number of rotatable bonds is 2. The monoisotopic (exact) mass is 288 g/mol. The molecule has 0 unspecified atom stereocenters. The highest BCUT2D eigenvalue weighted by Crippen LogP contribution is 2.37. The van der Waals surface area contributed by atoms with Gasteiger partial charge < -0.3 is 20.5 Å². The molecule has 3 rings (SSSR count). The molecule has 5 nitrogen and oxygen atoms in total. The van der Waals surface area contributed by atoms with E-state index in [9.17, 15) is 9.18 Å². The van der Waals surface area contributed by atoms with Crippen molar-refractivity contribution in [1.29, 1.82) is 0 Å².